The van der Waals surface area contributed by atoms with Crippen molar-refractivity contribution in [1.29, 1.82) is 0 Å². The van der Waals surface area contributed by atoms with Gasteiger partial charge in [-0.15, -0.1) is 11.3 Å². The van der Waals surface area contributed by atoms with Crippen LogP contribution in [-0.2, 0) is 16.6 Å². The van der Waals surface area contributed by atoms with E-state index in [4.69, 9.17) is 5.73 Å². The normalized spacial score (nSPS) is 11.6. The van der Waals surface area contributed by atoms with Crippen LogP contribution < -0.4 is 10.5 Å². The van der Waals surface area contributed by atoms with E-state index in [1.54, 1.807) is 26.0 Å². The van der Waals surface area contributed by atoms with Crippen molar-refractivity contribution < 1.29 is 12.8 Å². The average Bonchev–Trinajstić information content (AvgIpc) is 2.76. The van der Waals surface area contributed by atoms with E-state index < -0.39 is 15.8 Å². The van der Waals surface area contributed by atoms with Crippen LogP contribution >= 0.6 is 11.3 Å². The molecule has 20 heavy (non-hydrogen) atoms. The number of halogens is 1. The van der Waals surface area contributed by atoms with Gasteiger partial charge < -0.3 is 5.73 Å². The number of rotatable bonds is 4. The molecule has 2 rings (SSSR count). The maximum Gasteiger partial charge on any atom is 0.271 e. The molecule has 0 aliphatic rings. The summed E-state index contributed by atoms with van der Waals surface area (Å²) >= 11 is 1.10. The number of sulfonamides is 1. The summed E-state index contributed by atoms with van der Waals surface area (Å²) in [6, 6.07) is 5.81. The summed E-state index contributed by atoms with van der Waals surface area (Å²) in [4.78, 5) is 0.801. The van der Waals surface area contributed by atoms with Gasteiger partial charge in [-0.25, -0.2) is 12.8 Å². The molecule has 0 aliphatic heterocycles. The van der Waals surface area contributed by atoms with Gasteiger partial charge in [0.15, 0.2) is 0 Å². The summed E-state index contributed by atoms with van der Waals surface area (Å²) in [6.07, 6.45) is 0. The maximum absolute atomic E-state index is 13.6. The number of hydrogen-bond donors (Lipinski definition) is 2. The lowest BCUT2D eigenvalue weighted by atomic mass is 10.2. The number of anilines is 1. The molecule has 0 radical (unpaired) electrons. The standard InChI is InChI=1S/C13H15FN2O2S2/c1-8-3-4-10(14)11(5-8)16-20(17,18)13-6-9(2)12(7-15)19-13/h3-6,16H,7,15H2,1-2H3. The second kappa shape index (κ2) is 5.51. The molecule has 108 valence electrons. The number of benzene rings is 1. The Kier molecular flexibility index (Phi) is 4.12. The summed E-state index contributed by atoms with van der Waals surface area (Å²) in [5.74, 6) is -0.605. The molecular weight excluding hydrogens is 299 g/mol. The SMILES string of the molecule is Cc1ccc(F)c(NS(=O)(=O)c2cc(C)c(CN)s2)c1. The lowest BCUT2D eigenvalue weighted by Crippen LogP contribution is -2.12. The highest BCUT2D eigenvalue weighted by Crippen LogP contribution is 2.28. The second-order valence-electron chi connectivity index (χ2n) is 4.46. The van der Waals surface area contributed by atoms with Crippen LogP contribution in [-0.4, -0.2) is 8.42 Å². The number of nitrogens with one attached hydrogen (secondary N) is 1. The van der Waals surface area contributed by atoms with E-state index in [0.717, 1.165) is 27.3 Å². The fourth-order valence-corrected chi connectivity index (χ4v) is 4.26. The third kappa shape index (κ3) is 3.00. The number of thiophene rings is 1. The fourth-order valence-electron chi connectivity index (χ4n) is 1.74. The summed E-state index contributed by atoms with van der Waals surface area (Å²) in [5.41, 5.74) is 7.08. The molecule has 1 heterocycles. The van der Waals surface area contributed by atoms with E-state index in [0.29, 0.717) is 0 Å². The monoisotopic (exact) mass is 314 g/mol. The largest absolute Gasteiger partial charge is 0.326 e. The first-order chi connectivity index (χ1) is 9.33. The second-order valence-corrected chi connectivity index (χ2v) is 7.51. The predicted molar refractivity (Wildman–Crippen MR) is 78.9 cm³/mol. The highest BCUT2D eigenvalue weighted by molar-refractivity contribution is 7.94. The predicted octanol–water partition coefficient (Wildman–Crippen LogP) is 2.76. The van der Waals surface area contributed by atoms with Gasteiger partial charge >= 0.3 is 0 Å². The molecule has 0 saturated carbocycles. The Morgan fingerprint density at radius 2 is 2.00 bits per heavy atom. The Bertz CT molecular complexity index is 739. The van der Waals surface area contributed by atoms with E-state index in [2.05, 4.69) is 4.72 Å². The van der Waals surface area contributed by atoms with Crippen molar-refractivity contribution in [3.8, 4) is 0 Å². The Labute approximate surface area is 121 Å². The van der Waals surface area contributed by atoms with Crippen LogP contribution in [0.25, 0.3) is 0 Å². The lowest BCUT2D eigenvalue weighted by Gasteiger charge is -2.08. The molecule has 0 fully saturated rings. The van der Waals surface area contributed by atoms with Gasteiger partial charge in [-0.2, -0.15) is 0 Å². The highest BCUT2D eigenvalue weighted by atomic mass is 32.2. The van der Waals surface area contributed by atoms with Crippen LogP contribution in [0.15, 0.2) is 28.5 Å². The van der Waals surface area contributed by atoms with Crippen LogP contribution in [0.3, 0.4) is 0 Å². The van der Waals surface area contributed by atoms with Gasteiger partial charge in [-0.1, -0.05) is 6.07 Å². The molecule has 3 N–H and O–H groups in total. The first-order valence-corrected chi connectivity index (χ1v) is 8.22. The van der Waals surface area contributed by atoms with Crippen LogP contribution in [0.5, 0.6) is 0 Å². The van der Waals surface area contributed by atoms with Gasteiger partial charge in [-0.05, 0) is 43.2 Å². The van der Waals surface area contributed by atoms with Crippen LogP contribution in [0.2, 0.25) is 0 Å². The van der Waals surface area contributed by atoms with Crippen molar-refractivity contribution >= 4 is 27.0 Å². The molecule has 0 amide bonds. The number of hydrogen-bond acceptors (Lipinski definition) is 4. The minimum atomic E-state index is -3.79. The Morgan fingerprint density at radius 3 is 2.60 bits per heavy atom. The van der Waals surface area contributed by atoms with Gasteiger partial charge in [0.05, 0.1) is 5.69 Å². The van der Waals surface area contributed by atoms with Crippen molar-refractivity contribution in [3.63, 3.8) is 0 Å². The minimum absolute atomic E-state index is 0.0506. The van der Waals surface area contributed by atoms with Crippen molar-refractivity contribution in [1.82, 2.24) is 0 Å². The number of nitrogens with two attached hydrogens (primary N) is 1. The van der Waals surface area contributed by atoms with Crippen LogP contribution in [0, 0.1) is 19.7 Å². The summed E-state index contributed by atoms with van der Waals surface area (Å²) in [5, 5.41) is 0. The van der Waals surface area contributed by atoms with Gasteiger partial charge in [0.1, 0.15) is 10.0 Å². The van der Waals surface area contributed by atoms with Crippen LogP contribution in [0.4, 0.5) is 10.1 Å². The molecule has 2 aromatic rings. The fraction of sp³-hybridized carbons (Fsp3) is 0.231. The average molecular weight is 314 g/mol. The van der Waals surface area contributed by atoms with Crippen molar-refractivity contribution in [3.05, 3.63) is 46.1 Å². The van der Waals surface area contributed by atoms with E-state index in [1.807, 2.05) is 0 Å². The van der Waals surface area contributed by atoms with Gasteiger partial charge in [0.2, 0.25) is 0 Å². The molecule has 1 aromatic carbocycles. The molecule has 1 aromatic heterocycles. The Morgan fingerprint density at radius 1 is 1.30 bits per heavy atom. The molecule has 0 saturated heterocycles. The molecule has 7 heteroatoms. The van der Waals surface area contributed by atoms with E-state index in [-0.39, 0.29) is 16.4 Å². The zero-order chi connectivity index (χ0) is 14.9. The van der Waals surface area contributed by atoms with Crippen molar-refractivity contribution in [2.75, 3.05) is 4.72 Å². The van der Waals surface area contributed by atoms with Gasteiger partial charge in [-0.3, -0.25) is 4.72 Å². The molecule has 0 unspecified atom stereocenters. The van der Waals surface area contributed by atoms with Gasteiger partial charge in [0, 0.05) is 11.4 Å². The number of aryl methyl sites for hydroxylation is 2. The zero-order valence-electron chi connectivity index (χ0n) is 11.1. The minimum Gasteiger partial charge on any atom is -0.326 e. The van der Waals surface area contributed by atoms with Gasteiger partial charge in [0.25, 0.3) is 10.0 Å². The first-order valence-electron chi connectivity index (χ1n) is 5.92. The lowest BCUT2D eigenvalue weighted by molar-refractivity contribution is 0.600. The highest BCUT2D eigenvalue weighted by Gasteiger charge is 2.20. The van der Waals surface area contributed by atoms with E-state index in [1.165, 1.54) is 12.1 Å². The maximum atomic E-state index is 13.6. The topological polar surface area (TPSA) is 72.2 Å². The molecule has 0 atom stereocenters. The molecular formula is C13H15FN2O2S2. The van der Waals surface area contributed by atoms with Crippen molar-refractivity contribution in [2.24, 2.45) is 5.73 Å². The smallest absolute Gasteiger partial charge is 0.271 e. The summed E-state index contributed by atoms with van der Waals surface area (Å²) in [6.45, 7) is 3.84. The molecule has 0 bridgehead atoms. The Hall–Kier alpha value is -1.44. The first kappa shape index (κ1) is 15.0. The third-order valence-electron chi connectivity index (χ3n) is 2.81. The summed E-state index contributed by atoms with van der Waals surface area (Å²) < 4.78 is 40.5. The molecule has 0 aliphatic carbocycles. The van der Waals surface area contributed by atoms with Crippen LogP contribution in [0.1, 0.15) is 16.0 Å². The molecule has 0 spiro atoms. The quantitative estimate of drug-likeness (QED) is 0.911. The summed E-state index contributed by atoms with van der Waals surface area (Å²) in [7, 11) is -3.79. The van der Waals surface area contributed by atoms with E-state index in [9.17, 15) is 12.8 Å². The zero-order valence-corrected chi connectivity index (χ0v) is 12.7. The Balaban J connectivity index is 2.37. The van der Waals surface area contributed by atoms with E-state index >= 15 is 0 Å². The third-order valence-corrected chi connectivity index (χ3v) is 5.91. The molecule has 4 nitrogen and oxygen atoms in total. The van der Waals surface area contributed by atoms with Crippen molar-refractivity contribution in [2.45, 2.75) is 24.6 Å².